The fourth-order valence-corrected chi connectivity index (χ4v) is 3.73. The zero-order valence-electron chi connectivity index (χ0n) is 10.2. The Hall–Kier alpha value is -0.920. The second-order valence-electron chi connectivity index (χ2n) is 3.80. The number of ether oxygens (including phenoxy) is 1. The van der Waals surface area contributed by atoms with Crippen molar-refractivity contribution in [1.82, 2.24) is 4.72 Å². The Balaban J connectivity index is 3.04. The SMILES string of the molecule is COC(=O)[C@H](C)NS(=O)(=O)c1ccc(C)cc1Br. The highest BCUT2D eigenvalue weighted by molar-refractivity contribution is 9.10. The molecule has 0 aliphatic carbocycles. The molecule has 1 N–H and O–H groups in total. The van der Waals surface area contributed by atoms with E-state index in [-0.39, 0.29) is 4.90 Å². The van der Waals surface area contributed by atoms with Crippen LogP contribution >= 0.6 is 15.9 Å². The number of methoxy groups -OCH3 is 1. The molecule has 0 aliphatic heterocycles. The van der Waals surface area contributed by atoms with Crippen molar-refractivity contribution in [2.45, 2.75) is 24.8 Å². The molecule has 0 fully saturated rings. The second-order valence-corrected chi connectivity index (χ2v) is 6.34. The first kappa shape index (κ1) is 15.1. The zero-order chi connectivity index (χ0) is 13.9. The van der Waals surface area contributed by atoms with Gasteiger partial charge in [-0.1, -0.05) is 6.07 Å². The van der Waals surface area contributed by atoms with E-state index in [9.17, 15) is 13.2 Å². The van der Waals surface area contributed by atoms with Crippen LogP contribution in [0.3, 0.4) is 0 Å². The summed E-state index contributed by atoms with van der Waals surface area (Å²) in [5, 5.41) is 0. The lowest BCUT2D eigenvalue weighted by Crippen LogP contribution is -2.39. The van der Waals surface area contributed by atoms with Crippen molar-refractivity contribution in [1.29, 1.82) is 0 Å². The Kier molecular flexibility index (Phi) is 4.89. The van der Waals surface area contributed by atoms with E-state index in [0.717, 1.165) is 5.56 Å². The summed E-state index contributed by atoms with van der Waals surface area (Å²) in [5.74, 6) is -0.637. The monoisotopic (exact) mass is 335 g/mol. The highest BCUT2D eigenvalue weighted by Gasteiger charge is 2.24. The first-order valence-electron chi connectivity index (χ1n) is 5.14. The van der Waals surface area contributed by atoms with Crippen LogP contribution in [0.1, 0.15) is 12.5 Å². The Bertz CT molecular complexity index is 556. The number of hydrogen-bond donors (Lipinski definition) is 1. The summed E-state index contributed by atoms with van der Waals surface area (Å²) >= 11 is 3.19. The summed E-state index contributed by atoms with van der Waals surface area (Å²) in [4.78, 5) is 11.3. The van der Waals surface area contributed by atoms with Crippen LogP contribution < -0.4 is 4.72 Å². The van der Waals surface area contributed by atoms with Gasteiger partial charge in [-0.05, 0) is 47.5 Å². The van der Waals surface area contributed by atoms with Crippen molar-refractivity contribution in [3.8, 4) is 0 Å². The third-order valence-electron chi connectivity index (χ3n) is 2.26. The van der Waals surface area contributed by atoms with Crippen LogP contribution in [0.5, 0.6) is 0 Å². The van der Waals surface area contributed by atoms with Crippen molar-refractivity contribution >= 4 is 31.9 Å². The smallest absolute Gasteiger partial charge is 0.323 e. The summed E-state index contributed by atoms with van der Waals surface area (Å²) in [6.45, 7) is 3.27. The van der Waals surface area contributed by atoms with Gasteiger partial charge in [-0.15, -0.1) is 0 Å². The molecule has 7 heteroatoms. The van der Waals surface area contributed by atoms with Crippen molar-refractivity contribution in [2.24, 2.45) is 0 Å². The van der Waals surface area contributed by atoms with Gasteiger partial charge in [0.2, 0.25) is 10.0 Å². The number of carbonyl (C=O) groups is 1. The third kappa shape index (κ3) is 3.54. The van der Waals surface area contributed by atoms with E-state index >= 15 is 0 Å². The standard InChI is InChI=1S/C11H14BrNO4S/c1-7-4-5-10(9(12)6-7)18(15,16)13-8(2)11(14)17-3/h4-6,8,13H,1-3H3/t8-/m0/s1. The molecule has 0 bridgehead atoms. The lowest BCUT2D eigenvalue weighted by atomic mass is 10.2. The van der Waals surface area contributed by atoms with Crippen LogP contribution in [0, 0.1) is 6.92 Å². The van der Waals surface area contributed by atoms with E-state index in [1.807, 2.05) is 6.92 Å². The van der Waals surface area contributed by atoms with Gasteiger partial charge in [-0.2, -0.15) is 4.72 Å². The Morgan fingerprint density at radius 2 is 2.06 bits per heavy atom. The van der Waals surface area contributed by atoms with Crippen molar-refractivity contribution < 1.29 is 17.9 Å². The molecular formula is C11H14BrNO4S. The van der Waals surface area contributed by atoms with Crippen LogP contribution in [0.4, 0.5) is 0 Å². The van der Waals surface area contributed by atoms with Gasteiger partial charge < -0.3 is 4.74 Å². The average molecular weight is 336 g/mol. The van der Waals surface area contributed by atoms with Crippen LogP contribution in [-0.2, 0) is 19.6 Å². The van der Waals surface area contributed by atoms with Gasteiger partial charge in [0, 0.05) is 4.47 Å². The molecule has 1 rings (SSSR count). The minimum absolute atomic E-state index is 0.0869. The predicted octanol–water partition coefficient (Wildman–Crippen LogP) is 1.60. The minimum atomic E-state index is -3.76. The summed E-state index contributed by atoms with van der Waals surface area (Å²) in [6.07, 6.45) is 0. The number of nitrogens with one attached hydrogen (secondary N) is 1. The molecule has 0 saturated heterocycles. The molecule has 1 aromatic carbocycles. The highest BCUT2D eigenvalue weighted by Crippen LogP contribution is 2.23. The molecule has 0 aromatic heterocycles. The molecule has 0 unspecified atom stereocenters. The second kappa shape index (κ2) is 5.81. The molecule has 0 saturated carbocycles. The van der Waals surface area contributed by atoms with Crippen LogP contribution in [0.2, 0.25) is 0 Å². The number of sulfonamides is 1. The number of aryl methyl sites for hydroxylation is 1. The molecule has 0 heterocycles. The zero-order valence-corrected chi connectivity index (χ0v) is 12.6. The van der Waals surface area contributed by atoms with E-state index in [4.69, 9.17) is 0 Å². The van der Waals surface area contributed by atoms with Crippen LogP contribution in [0.15, 0.2) is 27.6 Å². The lowest BCUT2D eigenvalue weighted by molar-refractivity contribution is -0.142. The van der Waals surface area contributed by atoms with Gasteiger partial charge in [0.05, 0.1) is 12.0 Å². The largest absolute Gasteiger partial charge is 0.468 e. The first-order valence-corrected chi connectivity index (χ1v) is 7.42. The highest BCUT2D eigenvalue weighted by atomic mass is 79.9. The number of hydrogen-bond acceptors (Lipinski definition) is 4. The summed E-state index contributed by atoms with van der Waals surface area (Å²) in [6, 6.07) is 3.92. The lowest BCUT2D eigenvalue weighted by Gasteiger charge is -2.13. The van der Waals surface area contributed by atoms with Gasteiger partial charge in [0.25, 0.3) is 0 Å². The molecule has 18 heavy (non-hydrogen) atoms. The van der Waals surface area contributed by atoms with E-state index in [2.05, 4.69) is 25.4 Å². The molecule has 5 nitrogen and oxygen atoms in total. The summed E-state index contributed by atoms with van der Waals surface area (Å²) < 4.78 is 31.3. The van der Waals surface area contributed by atoms with E-state index < -0.39 is 22.0 Å². The summed E-state index contributed by atoms with van der Waals surface area (Å²) in [5.41, 5.74) is 0.932. The Labute approximate surface area is 115 Å². The van der Waals surface area contributed by atoms with E-state index in [1.54, 1.807) is 12.1 Å². The van der Waals surface area contributed by atoms with E-state index in [0.29, 0.717) is 4.47 Å². The molecular weight excluding hydrogens is 322 g/mol. The molecule has 0 amide bonds. The molecule has 0 radical (unpaired) electrons. The van der Waals surface area contributed by atoms with Gasteiger partial charge in [-0.3, -0.25) is 4.79 Å². The van der Waals surface area contributed by atoms with Gasteiger partial charge >= 0.3 is 5.97 Å². The van der Waals surface area contributed by atoms with Crippen LogP contribution in [-0.4, -0.2) is 27.5 Å². The molecule has 0 aliphatic rings. The molecule has 1 atom stereocenters. The number of esters is 1. The Morgan fingerprint density at radius 3 is 2.56 bits per heavy atom. The Morgan fingerprint density at radius 1 is 1.44 bits per heavy atom. The van der Waals surface area contributed by atoms with Gasteiger partial charge in [-0.25, -0.2) is 8.42 Å². The molecule has 1 aromatic rings. The summed E-state index contributed by atoms with van der Waals surface area (Å²) in [7, 11) is -2.56. The fraction of sp³-hybridized carbons (Fsp3) is 0.364. The quantitative estimate of drug-likeness (QED) is 0.848. The third-order valence-corrected chi connectivity index (χ3v) is 4.78. The minimum Gasteiger partial charge on any atom is -0.468 e. The maximum atomic E-state index is 12.0. The van der Waals surface area contributed by atoms with Gasteiger partial charge in [0.15, 0.2) is 0 Å². The van der Waals surface area contributed by atoms with Crippen molar-refractivity contribution in [2.75, 3.05) is 7.11 Å². The first-order chi connectivity index (χ1) is 8.27. The van der Waals surface area contributed by atoms with E-state index in [1.165, 1.54) is 20.1 Å². The van der Waals surface area contributed by atoms with Gasteiger partial charge in [0.1, 0.15) is 6.04 Å². The molecule has 0 spiro atoms. The molecule has 100 valence electrons. The number of halogens is 1. The topological polar surface area (TPSA) is 72.5 Å². The normalized spacial score (nSPS) is 13.1. The maximum Gasteiger partial charge on any atom is 0.323 e. The van der Waals surface area contributed by atoms with Crippen molar-refractivity contribution in [3.63, 3.8) is 0 Å². The fourth-order valence-electron chi connectivity index (χ4n) is 1.34. The number of benzene rings is 1. The predicted molar refractivity (Wildman–Crippen MR) is 70.7 cm³/mol. The van der Waals surface area contributed by atoms with Crippen molar-refractivity contribution in [3.05, 3.63) is 28.2 Å². The average Bonchev–Trinajstić information content (AvgIpc) is 2.26. The maximum absolute atomic E-state index is 12.0. The number of rotatable bonds is 4. The van der Waals surface area contributed by atoms with Crippen LogP contribution in [0.25, 0.3) is 0 Å². The number of carbonyl (C=O) groups excluding carboxylic acids is 1.